The van der Waals surface area contributed by atoms with Crippen molar-refractivity contribution in [2.24, 2.45) is 0 Å². The van der Waals surface area contributed by atoms with E-state index in [1.54, 1.807) is 20.1 Å². The number of nitrogens with one attached hydrogen (secondary N) is 3. The molecule has 3 N–H and O–H groups in total. The molecule has 0 radical (unpaired) electrons. The predicted octanol–water partition coefficient (Wildman–Crippen LogP) is 4.27. The van der Waals surface area contributed by atoms with Gasteiger partial charge < -0.3 is 25.4 Å². The van der Waals surface area contributed by atoms with Gasteiger partial charge in [0.05, 0.1) is 28.9 Å². The quantitative estimate of drug-likeness (QED) is 0.273. The molecule has 1 amide bonds. The third kappa shape index (κ3) is 7.32. The molecular weight excluding hydrogens is 622 g/mol. The van der Waals surface area contributed by atoms with Crippen LogP contribution in [0.1, 0.15) is 48.2 Å². The molecule has 2 aliphatic heterocycles. The number of carbonyl (C=O) groups excluding carboxylic acids is 2. The monoisotopic (exact) mass is 660 g/mol. The van der Waals surface area contributed by atoms with Gasteiger partial charge in [-0.15, -0.1) is 9.78 Å². The second-order valence-corrected chi connectivity index (χ2v) is 13.7. The van der Waals surface area contributed by atoms with Crippen molar-refractivity contribution >= 4 is 39.2 Å². The van der Waals surface area contributed by atoms with Gasteiger partial charge in [-0.3, -0.25) is 9.69 Å². The Hall–Kier alpha value is -4.08. The van der Waals surface area contributed by atoms with Crippen LogP contribution in [-0.2, 0) is 32.3 Å². The summed E-state index contributed by atoms with van der Waals surface area (Å²) in [5, 5.41) is 12.1. The number of halogens is 2. The van der Waals surface area contributed by atoms with Crippen molar-refractivity contribution in [2.45, 2.75) is 55.8 Å². The lowest BCUT2D eigenvalue weighted by Gasteiger charge is -2.25. The molecular formula is C31H38F2N6O6S. The lowest BCUT2D eigenvalue weighted by molar-refractivity contribution is 0.102. The first-order valence-corrected chi connectivity index (χ1v) is 16.7. The molecule has 3 aromatic rings. The largest absolute Gasteiger partial charge is 0.448 e. The summed E-state index contributed by atoms with van der Waals surface area (Å²) in [6, 6.07) is 7.49. The molecule has 0 saturated carbocycles. The molecule has 1 fully saturated rings. The molecule has 0 aliphatic carbocycles. The van der Waals surface area contributed by atoms with Crippen molar-refractivity contribution in [2.75, 3.05) is 55.9 Å². The van der Waals surface area contributed by atoms with Crippen LogP contribution in [0.2, 0.25) is 0 Å². The molecule has 0 spiro atoms. The van der Waals surface area contributed by atoms with Crippen LogP contribution in [0.15, 0.2) is 41.3 Å². The SMILES string of the molecule is CCOC(=O)n1nc(NC(=O)c2ccc(CN3CCCC3)cc2NC(C)COC)c2c1NC[C@@H](S(=O)(=O)c1cc(F)cc(F)c1)C2. The van der Waals surface area contributed by atoms with Crippen LogP contribution in [0.25, 0.3) is 0 Å². The molecule has 1 unspecified atom stereocenters. The lowest BCUT2D eigenvalue weighted by atomic mass is 10.1. The molecule has 12 nitrogen and oxygen atoms in total. The van der Waals surface area contributed by atoms with Gasteiger partial charge in [-0.2, -0.15) is 0 Å². The van der Waals surface area contributed by atoms with Crippen LogP contribution in [0.5, 0.6) is 0 Å². The van der Waals surface area contributed by atoms with Crippen molar-refractivity contribution in [3.05, 3.63) is 64.7 Å². The van der Waals surface area contributed by atoms with Crippen molar-refractivity contribution in [1.29, 1.82) is 0 Å². The molecule has 248 valence electrons. The zero-order chi connectivity index (χ0) is 33.0. The van der Waals surface area contributed by atoms with E-state index >= 15 is 0 Å². The zero-order valence-electron chi connectivity index (χ0n) is 25.9. The van der Waals surface area contributed by atoms with Crippen LogP contribution in [0, 0.1) is 11.6 Å². The summed E-state index contributed by atoms with van der Waals surface area (Å²) in [5.74, 6) is -2.50. The van der Waals surface area contributed by atoms with Gasteiger partial charge in [0.25, 0.3) is 5.91 Å². The molecule has 2 atom stereocenters. The number of hydrogen-bond acceptors (Lipinski definition) is 10. The van der Waals surface area contributed by atoms with Gasteiger partial charge >= 0.3 is 6.09 Å². The topological polar surface area (TPSA) is 144 Å². The highest BCUT2D eigenvalue weighted by Crippen LogP contribution is 2.34. The fraction of sp³-hybridized carbons (Fsp3) is 0.452. The average Bonchev–Trinajstić information content (AvgIpc) is 3.64. The summed E-state index contributed by atoms with van der Waals surface area (Å²) in [7, 11) is -2.65. The number of benzene rings is 2. The van der Waals surface area contributed by atoms with Crippen LogP contribution < -0.4 is 16.0 Å². The first-order valence-electron chi connectivity index (χ1n) is 15.1. The second-order valence-electron chi connectivity index (χ2n) is 11.5. The summed E-state index contributed by atoms with van der Waals surface area (Å²) in [5.41, 5.74) is 2.13. The number of anilines is 3. The Morgan fingerprint density at radius 3 is 2.52 bits per heavy atom. The van der Waals surface area contributed by atoms with E-state index in [-0.39, 0.29) is 42.8 Å². The highest BCUT2D eigenvalue weighted by Gasteiger charge is 2.37. The van der Waals surface area contributed by atoms with E-state index < -0.39 is 43.6 Å². The van der Waals surface area contributed by atoms with Crippen molar-refractivity contribution in [3.8, 4) is 0 Å². The normalized spacial score (nSPS) is 17.2. The maximum Gasteiger partial charge on any atom is 0.436 e. The standard InChI is InChI=1S/C31H38F2N6O6S/c1-4-45-31(41)39-29-26(15-24(16-34-29)46(42,43)23-13-21(32)12-22(33)14-23)28(37-39)36-30(40)25-8-7-20(17-38-9-5-6-10-38)11-27(25)35-19(2)18-44-3/h7-8,11-14,19,24,34-35H,4-6,9-10,15-18H2,1-3H3,(H,36,37,40)/t19?,24-/m0/s1. The number of sulfone groups is 1. The first-order chi connectivity index (χ1) is 22.0. The van der Waals surface area contributed by atoms with Gasteiger partial charge in [-0.1, -0.05) is 6.07 Å². The van der Waals surface area contributed by atoms with Crippen molar-refractivity contribution < 1.29 is 36.3 Å². The lowest BCUT2D eigenvalue weighted by Crippen LogP contribution is -2.36. The Kier molecular flexibility index (Phi) is 10.2. The highest BCUT2D eigenvalue weighted by molar-refractivity contribution is 7.92. The van der Waals surface area contributed by atoms with Gasteiger partial charge in [0.2, 0.25) is 0 Å². The van der Waals surface area contributed by atoms with Crippen LogP contribution in [-0.4, -0.2) is 86.3 Å². The maximum atomic E-state index is 13.9. The minimum Gasteiger partial charge on any atom is -0.448 e. The number of fused-ring (bicyclic) bond motifs is 1. The molecule has 0 bridgehead atoms. The summed E-state index contributed by atoms with van der Waals surface area (Å²) >= 11 is 0. The highest BCUT2D eigenvalue weighted by atomic mass is 32.2. The number of carbonyl (C=O) groups is 2. The molecule has 3 heterocycles. The summed E-state index contributed by atoms with van der Waals surface area (Å²) in [4.78, 5) is 28.4. The van der Waals surface area contributed by atoms with E-state index in [0.29, 0.717) is 23.9 Å². The number of amides is 1. The van der Waals surface area contributed by atoms with Crippen LogP contribution in [0.3, 0.4) is 0 Å². The van der Waals surface area contributed by atoms with E-state index in [9.17, 15) is 26.8 Å². The Morgan fingerprint density at radius 2 is 1.85 bits per heavy atom. The van der Waals surface area contributed by atoms with Gasteiger partial charge in [-0.05, 0) is 76.0 Å². The molecule has 2 aliphatic rings. The Balaban J connectivity index is 1.47. The van der Waals surface area contributed by atoms with Gasteiger partial charge in [-0.25, -0.2) is 22.0 Å². The zero-order valence-corrected chi connectivity index (χ0v) is 26.8. The number of nitrogens with zero attached hydrogens (tertiary/aromatic N) is 3. The summed E-state index contributed by atoms with van der Waals surface area (Å²) in [6.45, 7) is 6.57. The predicted molar refractivity (Wildman–Crippen MR) is 168 cm³/mol. The Labute approximate surface area is 266 Å². The van der Waals surface area contributed by atoms with Gasteiger partial charge in [0.15, 0.2) is 15.7 Å². The van der Waals surface area contributed by atoms with E-state index in [0.717, 1.165) is 54.9 Å². The minimum atomic E-state index is -4.24. The number of rotatable bonds is 11. The maximum absolute atomic E-state index is 13.9. The summed E-state index contributed by atoms with van der Waals surface area (Å²) in [6.07, 6.45) is 1.26. The van der Waals surface area contributed by atoms with Crippen LogP contribution >= 0.6 is 0 Å². The number of ether oxygens (including phenoxy) is 2. The average molecular weight is 661 g/mol. The first kappa shape index (κ1) is 33.3. The summed E-state index contributed by atoms with van der Waals surface area (Å²) < 4.78 is 66.1. The molecule has 2 aromatic carbocycles. The molecule has 5 rings (SSSR count). The van der Waals surface area contributed by atoms with E-state index in [1.807, 2.05) is 19.1 Å². The fourth-order valence-corrected chi connectivity index (χ4v) is 7.42. The van der Waals surface area contributed by atoms with Crippen molar-refractivity contribution in [1.82, 2.24) is 14.7 Å². The number of methoxy groups -OCH3 is 1. The third-order valence-electron chi connectivity index (χ3n) is 7.94. The van der Waals surface area contributed by atoms with Gasteiger partial charge in [0.1, 0.15) is 17.5 Å². The Bertz CT molecular complexity index is 1690. The second kappa shape index (κ2) is 14.1. The third-order valence-corrected chi connectivity index (χ3v) is 10.0. The van der Waals surface area contributed by atoms with Crippen molar-refractivity contribution in [3.63, 3.8) is 0 Å². The molecule has 46 heavy (non-hydrogen) atoms. The number of hydrogen-bond donors (Lipinski definition) is 3. The minimum absolute atomic E-state index is 0.0514. The fourth-order valence-electron chi connectivity index (χ4n) is 5.80. The van der Waals surface area contributed by atoms with E-state index in [1.165, 1.54) is 0 Å². The molecule has 15 heteroatoms. The smallest absolute Gasteiger partial charge is 0.436 e. The van der Waals surface area contributed by atoms with Crippen LogP contribution in [0.4, 0.5) is 30.9 Å². The number of aromatic nitrogens is 2. The van der Waals surface area contributed by atoms with Gasteiger partial charge in [0, 0.05) is 43.6 Å². The number of likely N-dealkylation sites (tertiary alicyclic amines) is 1. The van der Waals surface area contributed by atoms with E-state index in [2.05, 4.69) is 25.9 Å². The van der Waals surface area contributed by atoms with E-state index in [4.69, 9.17) is 9.47 Å². The molecule has 1 aromatic heterocycles. The Morgan fingerprint density at radius 1 is 1.13 bits per heavy atom. The molecule has 1 saturated heterocycles.